The van der Waals surface area contributed by atoms with Crippen LogP contribution in [0.5, 0.6) is 0 Å². The van der Waals surface area contributed by atoms with Crippen LogP contribution in [0.25, 0.3) is 22.6 Å². The van der Waals surface area contributed by atoms with Crippen LogP contribution in [-0.2, 0) is 11.8 Å². The molecule has 0 unspecified atom stereocenters. The average molecular weight is 356 g/mol. The molecule has 0 atom stereocenters. The SMILES string of the molecule is Cn1c(SCC(=O)N2CCCCC2)nnc1-c1cc2ccccc2o1. The van der Waals surface area contributed by atoms with E-state index in [0.717, 1.165) is 42.1 Å². The van der Waals surface area contributed by atoms with Gasteiger partial charge >= 0.3 is 0 Å². The highest BCUT2D eigenvalue weighted by molar-refractivity contribution is 7.99. The standard InChI is InChI=1S/C18H20N4O2S/c1-21-17(15-11-13-7-3-4-8-14(13)24-15)19-20-18(21)25-12-16(23)22-9-5-2-6-10-22/h3-4,7-8,11H,2,5-6,9-10,12H2,1H3. The Bertz CT molecular complexity index is 863. The minimum absolute atomic E-state index is 0.179. The molecule has 1 saturated heterocycles. The second kappa shape index (κ2) is 6.92. The number of amides is 1. The molecular formula is C18H20N4O2S. The van der Waals surface area contributed by atoms with Gasteiger partial charge in [-0.05, 0) is 31.4 Å². The number of fused-ring (bicyclic) bond motifs is 1. The van der Waals surface area contributed by atoms with E-state index in [2.05, 4.69) is 10.2 Å². The number of piperidine rings is 1. The first-order chi connectivity index (χ1) is 12.2. The van der Waals surface area contributed by atoms with Crippen LogP contribution in [0, 0.1) is 0 Å². The molecule has 25 heavy (non-hydrogen) atoms. The maximum absolute atomic E-state index is 12.3. The molecule has 3 aromatic rings. The van der Waals surface area contributed by atoms with E-state index in [-0.39, 0.29) is 5.91 Å². The number of nitrogens with zero attached hydrogens (tertiary/aromatic N) is 4. The second-order valence-electron chi connectivity index (χ2n) is 6.24. The number of furan rings is 1. The lowest BCUT2D eigenvalue weighted by atomic mass is 10.1. The number of carbonyl (C=O) groups is 1. The Balaban J connectivity index is 1.48. The first kappa shape index (κ1) is 16.2. The van der Waals surface area contributed by atoms with E-state index in [1.165, 1.54) is 18.2 Å². The van der Waals surface area contributed by atoms with E-state index in [0.29, 0.717) is 17.3 Å². The van der Waals surface area contributed by atoms with Crippen LogP contribution in [-0.4, -0.2) is 44.4 Å². The van der Waals surface area contributed by atoms with Crippen molar-refractivity contribution < 1.29 is 9.21 Å². The number of hydrogen-bond acceptors (Lipinski definition) is 5. The Morgan fingerprint density at radius 1 is 1.20 bits per heavy atom. The summed E-state index contributed by atoms with van der Waals surface area (Å²) in [6, 6.07) is 9.83. The second-order valence-corrected chi connectivity index (χ2v) is 7.19. The summed E-state index contributed by atoms with van der Waals surface area (Å²) in [6.45, 7) is 1.75. The van der Waals surface area contributed by atoms with Crippen LogP contribution < -0.4 is 0 Å². The Labute approximate surface area is 150 Å². The fraction of sp³-hybridized carbons (Fsp3) is 0.389. The molecule has 0 spiro atoms. The number of aromatic nitrogens is 3. The minimum atomic E-state index is 0.179. The molecule has 4 rings (SSSR count). The van der Waals surface area contributed by atoms with Crippen molar-refractivity contribution >= 4 is 28.6 Å². The van der Waals surface area contributed by atoms with Crippen LogP contribution in [0.1, 0.15) is 19.3 Å². The van der Waals surface area contributed by atoms with Crippen molar-refractivity contribution in [1.82, 2.24) is 19.7 Å². The maximum atomic E-state index is 12.3. The van der Waals surface area contributed by atoms with E-state index >= 15 is 0 Å². The van der Waals surface area contributed by atoms with Crippen molar-refractivity contribution in [2.24, 2.45) is 7.05 Å². The Morgan fingerprint density at radius 3 is 2.80 bits per heavy atom. The quantitative estimate of drug-likeness (QED) is 0.671. The van der Waals surface area contributed by atoms with E-state index in [1.807, 2.05) is 46.8 Å². The van der Waals surface area contributed by atoms with Gasteiger partial charge in [0.15, 0.2) is 16.7 Å². The van der Waals surface area contributed by atoms with Crippen LogP contribution in [0.15, 0.2) is 39.9 Å². The number of hydrogen-bond donors (Lipinski definition) is 0. The summed E-state index contributed by atoms with van der Waals surface area (Å²) in [4.78, 5) is 14.3. The third-order valence-corrected chi connectivity index (χ3v) is 5.52. The lowest BCUT2D eigenvalue weighted by Gasteiger charge is -2.26. The molecule has 0 radical (unpaired) electrons. The Hall–Kier alpha value is -2.28. The highest BCUT2D eigenvalue weighted by Gasteiger charge is 2.19. The minimum Gasteiger partial charge on any atom is -0.453 e. The number of likely N-dealkylation sites (tertiary alicyclic amines) is 1. The number of benzene rings is 1. The maximum Gasteiger partial charge on any atom is 0.233 e. The number of thioether (sulfide) groups is 1. The predicted molar refractivity (Wildman–Crippen MR) is 97.4 cm³/mol. The van der Waals surface area contributed by atoms with Crippen LogP contribution in [0.4, 0.5) is 0 Å². The largest absolute Gasteiger partial charge is 0.453 e. The van der Waals surface area contributed by atoms with Crippen molar-refractivity contribution in [3.05, 3.63) is 30.3 Å². The molecule has 130 valence electrons. The van der Waals surface area contributed by atoms with Crippen molar-refractivity contribution in [1.29, 1.82) is 0 Å². The zero-order chi connectivity index (χ0) is 17.2. The van der Waals surface area contributed by atoms with Crippen LogP contribution >= 0.6 is 11.8 Å². The molecule has 1 aliphatic heterocycles. The summed E-state index contributed by atoms with van der Waals surface area (Å²) in [7, 11) is 1.90. The Kier molecular flexibility index (Phi) is 4.48. The molecule has 6 nitrogen and oxygen atoms in total. The summed E-state index contributed by atoms with van der Waals surface area (Å²) in [6.07, 6.45) is 3.44. The van der Waals surface area contributed by atoms with Gasteiger partial charge in [0.1, 0.15) is 5.58 Å². The van der Waals surface area contributed by atoms with Gasteiger partial charge in [0, 0.05) is 25.5 Å². The number of carbonyl (C=O) groups excluding carboxylic acids is 1. The van der Waals surface area contributed by atoms with Crippen molar-refractivity contribution in [2.75, 3.05) is 18.8 Å². The molecule has 1 amide bonds. The van der Waals surface area contributed by atoms with Crippen LogP contribution in [0.2, 0.25) is 0 Å². The summed E-state index contributed by atoms with van der Waals surface area (Å²) >= 11 is 1.43. The third kappa shape index (κ3) is 3.28. The van der Waals surface area contributed by atoms with Gasteiger partial charge in [-0.2, -0.15) is 0 Å². The predicted octanol–water partition coefficient (Wildman–Crippen LogP) is 3.33. The number of rotatable bonds is 4. The van der Waals surface area contributed by atoms with E-state index in [1.54, 1.807) is 0 Å². The molecule has 0 bridgehead atoms. The first-order valence-corrected chi connectivity index (χ1v) is 9.50. The van der Waals surface area contributed by atoms with Gasteiger partial charge in [0.25, 0.3) is 0 Å². The monoisotopic (exact) mass is 356 g/mol. The molecule has 0 N–H and O–H groups in total. The molecule has 3 heterocycles. The smallest absolute Gasteiger partial charge is 0.233 e. The van der Waals surface area contributed by atoms with Crippen molar-refractivity contribution in [2.45, 2.75) is 24.4 Å². The summed E-state index contributed by atoms with van der Waals surface area (Å²) < 4.78 is 7.74. The molecular weight excluding hydrogens is 336 g/mol. The summed E-state index contributed by atoms with van der Waals surface area (Å²) in [5, 5.41) is 10.2. The topological polar surface area (TPSA) is 64.2 Å². The van der Waals surface area contributed by atoms with E-state index in [9.17, 15) is 4.79 Å². The third-order valence-electron chi connectivity index (χ3n) is 4.51. The van der Waals surface area contributed by atoms with Gasteiger partial charge in [-0.15, -0.1) is 10.2 Å². The molecule has 1 aliphatic rings. The first-order valence-electron chi connectivity index (χ1n) is 8.51. The van der Waals surface area contributed by atoms with E-state index in [4.69, 9.17) is 4.42 Å². The fourth-order valence-electron chi connectivity index (χ4n) is 3.11. The van der Waals surface area contributed by atoms with E-state index < -0.39 is 0 Å². The summed E-state index contributed by atoms with van der Waals surface area (Å²) in [5.74, 6) is 1.93. The zero-order valence-electron chi connectivity index (χ0n) is 14.1. The van der Waals surface area contributed by atoms with Gasteiger partial charge in [0.05, 0.1) is 5.75 Å². The lowest BCUT2D eigenvalue weighted by molar-refractivity contribution is -0.129. The van der Waals surface area contributed by atoms with Gasteiger partial charge in [-0.1, -0.05) is 30.0 Å². The lowest BCUT2D eigenvalue weighted by Crippen LogP contribution is -2.36. The van der Waals surface area contributed by atoms with Gasteiger partial charge in [-0.3, -0.25) is 4.79 Å². The van der Waals surface area contributed by atoms with Gasteiger partial charge in [-0.25, -0.2) is 0 Å². The van der Waals surface area contributed by atoms with Gasteiger partial charge in [0.2, 0.25) is 5.91 Å². The fourth-order valence-corrected chi connectivity index (χ4v) is 3.92. The van der Waals surface area contributed by atoms with Crippen LogP contribution in [0.3, 0.4) is 0 Å². The molecule has 1 fully saturated rings. The highest BCUT2D eigenvalue weighted by Crippen LogP contribution is 2.28. The zero-order valence-corrected chi connectivity index (χ0v) is 15.0. The highest BCUT2D eigenvalue weighted by atomic mass is 32.2. The Morgan fingerprint density at radius 2 is 2.00 bits per heavy atom. The molecule has 7 heteroatoms. The molecule has 0 saturated carbocycles. The average Bonchev–Trinajstić information content (AvgIpc) is 3.23. The van der Waals surface area contributed by atoms with Gasteiger partial charge < -0.3 is 13.9 Å². The normalized spacial score (nSPS) is 15.0. The molecule has 2 aromatic heterocycles. The number of para-hydroxylation sites is 1. The molecule has 0 aliphatic carbocycles. The van der Waals surface area contributed by atoms with Crippen molar-refractivity contribution in [3.63, 3.8) is 0 Å². The van der Waals surface area contributed by atoms with Crippen molar-refractivity contribution in [3.8, 4) is 11.6 Å². The summed E-state index contributed by atoms with van der Waals surface area (Å²) in [5.41, 5.74) is 0.829. The molecule has 1 aromatic carbocycles.